The molecule has 7 rings (SSSR count). The van der Waals surface area contributed by atoms with E-state index in [-0.39, 0.29) is 28.4 Å². The van der Waals surface area contributed by atoms with Crippen LogP contribution in [-0.2, 0) is 14.8 Å². The minimum Gasteiger partial charge on any atom is -0.359 e. The van der Waals surface area contributed by atoms with Gasteiger partial charge in [0, 0.05) is 12.6 Å². The molecule has 2 saturated carbocycles. The molecule has 2 aromatic rings. The molecule has 2 aliphatic heterocycles. The predicted octanol–water partition coefficient (Wildman–Crippen LogP) is 5.33. The lowest BCUT2D eigenvalue weighted by atomic mass is 9.58. The highest BCUT2D eigenvalue weighted by Crippen LogP contribution is 2.69. The third-order valence-corrected chi connectivity index (χ3v) is 11.4. The molecule has 1 saturated heterocycles. The van der Waals surface area contributed by atoms with Crippen molar-refractivity contribution >= 4 is 20.8 Å². The number of rotatable bonds is 5. The first-order valence-electron chi connectivity index (χ1n) is 14.1. The number of nitrogens with two attached hydrogens (primary N) is 1. The number of allylic oxidation sites excluding steroid dienone is 1. The molecule has 1 unspecified atom stereocenters. The van der Waals surface area contributed by atoms with E-state index in [1.165, 1.54) is 40.3 Å². The summed E-state index contributed by atoms with van der Waals surface area (Å²) in [7, 11) is -3.45. The Balaban J connectivity index is 1.17. The number of benzene rings is 2. The van der Waals surface area contributed by atoms with E-state index in [1.807, 2.05) is 0 Å². The molecular weight excluding hydrogens is 480 g/mol. The average Bonchev–Trinajstić information content (AvgIpc) is 3.38. The van der Waals surface area contributed by atoms with Gasteiger partial charge < -0.3 is 10.1 Å². The third-order valence-electron chi connectivity index (χ3n) is 10.7. The zero-order valence-corrected chi connectivity index (χ0v) is 22.5. The van der Waals surface area contributed by atoms with Crippen molar-refractivity contribution in [1.29, 1.82) is 0 Å². The van der Waals surface area contributed by atoms with Crippen molar-refractivity contribution in [2.45, 2.75) is 81.5 Å². The highest BCUT2D eigenvalue weighted by molar-refractivity contribution is 7.89. The standard InChI is InChI=1S/C31H38N2O3S/c1-29-13-12-25-19-24-8-9-26(33-16-17-37(32,34)35)20-30(24)14-15-31(25,36-30)28(29)11-10-27(29)23-7-6-21-4-2-3-5-22(21)18-23/h2-7,12,18-19,26-28,33H,8-11,13-17,20H2,1H3,(H2,32,34,35)/t26-,27-,28-,29-,30?,31-/m1/s1. The fourth-order valence-electron chi connectivity index (χ4n) is 8.96. The van der Waals surface area contributed by atoms with E-state index in [4.69, 9.17) is 9.88 Å². The number of primary sulfonamides is 1. The van der Waals surface area contributed by atoms with Gasteiger partial charge in [0.2, 0.25) is 10.0 Å². The van der Waals surface area contributed by atoms with Crippen LogP contribution in [0.25, 0.3) is 10.8 Å². The van der Waals surface area contributed by atoms with Crippen LogP contribution in [0.2, 0.25) is 0 Å². The zero-order valence-electron chi connectivity index (χ0n) is 21.7. The Kier molecular flexibility index (Phi) is 5.37. The van der Waals surface area contributed by atoms with Crippen molar-refractivity contribution in [3.8, 4) is 0 Å². The summed E-state index contributed by atoms with van der Waals surface area (Å²) in [6.45, 7) is 2.93. The molecule has 196 valence electrons. The van der Waals surface area contributed by atoms with Crippen LogP contribution in [-0.4, -0.2) is 38.0 Å². The quantitative estimate of drug-likeness (QED) is 0.561. The fraction of sp³-hybridized carbons (Fsp3) is 0.548. The summed E-state index contributed by atoms with van der Waals surface area (Å²) < 4.78 is 30.2. The monoisotopic (exact) mass is 518 g/mol. The van der Waals surface area contributed by atoms with Crippen molar-refractivity contribution in [2.75, 3.05) is 12.3 Å². The molecule has 0 amide bonds. The fourth-order valence-corrected chi connectivity index (χ4v) is 9.36. The van der Waals surface area contributed by atoms with Gasteiger partial charge in [0.05, 0.1) is 17.0 Å². The second-order valence-electron chi connectivity index (χ2n) is 12.6. The summed E-state index contributed by atoms with van der Waals surface area (Å²) in [5, 5.41) is 11.3. The van der Waals surface area contributed by atoms with E-state index in [2.05, 4.69) is 66.9 Å². The minimum absolute atomic E-state index is 0.0204. The van der Waals surface area contributed by atoms with E-state index in [0.717, 1.165) is 38.5 Å². The number of hydrogen-bond acceptors (Lipinski definition) is 4. The van der Waals surface area contributed by atoms with Gasteiger partial charge in [-0.1, -0.05) is 61.5 Å². The number of ether oxygens (including phenoxy) is 1. The van der Waals surface area contributed by atoms with Crippen LogP contribution in [0.3, 0.4) is 0 Å². The van der Waals surface area contributed by atoms with Crippen LogP contribution in [0.15, 0.2) is 65.8 Å². The van der Waals surface area contributed by atoms with Crippen molar-refractivity contribution in [2.24, 2.45) is 16.5 Å². The Morgan fingerprint density at radius 1 is 1.08 bits per heavy atom. The molecule has 2 heterocycles. The SMILES string of the molecule is C[C@]12CC=C3C=C4CC[C@@H](NCCS(N)(=O)=O)CC45CC[C@]3(O5)[C@@H]1CC[C@@H]2c1ccc2ccccc2c1. The lowest BCUT2D eigenvalue weighted by Crippen LogP contribution is -2.55. The minimum atomic E-state index is -3.45. The largest absolute Gasteiger partial charge is 0.359 e. The van der Waals surface area contributed by atoms with Crippen LogP contribution < -0.4 is 10.5 Å². The summed E-state index contributed by atoms with van der Waals surface area (Å²) >= 11 is 0. The van der Waals surface area contributed by atoms with Gasteiger partial charge in [-0.05, 0) is 96.1 Å². The van der Waals surface area contributed by atoms with Crippen LogP contribution in [0.5, 0.6) is 0 Å². The van der Waals surface area contributed by atoms with Gasteiger partial charge in [0.1, 0.15) is 0 Å². The topological polar surface area (TPSA) is 81.4 Å². The molecule has 3 fully saturated rings. The maximum Gasteiger partial charge on any atom is 0.210 e. The molecule has 5 nitrogen and oxygen atoms in total. The normalized spacial score (nSPS) is 38.5. The molecule has 37 heavy (non-hydrogen) atoms. The predicted molar refractivity (Wildman–Crippen MR) is 148 cm³/mol. The van der Waals surface area contributed by atoms with Gasteiger partial charge in [-0.25, -0.2) is 13.6 Å². The number of fused-ring (bicyclic) bond motifs is 2. The molecule has 6 atom stereocenters. The molecule has 3 N–H and O–H groups in total. The molecule has 0 radical (unpaired) electrons. The summed E-state index contributed by atoms with van der Waals surface area (Å²) in [6, 6.07) is 16.1. The molecule has 6 heteroatoms. The van der Waals surface area contributed by atoms with E-state index in [0.29, 0.717) is 18.4 Å². The number of nitrogens with one attached hydrogen (secondary N) is 1. The Hall–Kier alpha value is -1.99. The first-order valence-corrected chi connectivity index (χ1v) is 15.8. The lowest BCUT2D eigenvalue weighted by molar-refractivity contribution is -0.136. The first-order chi connectivity index (χ1) is 17.7. The van der Waals surface area contributed by atoms with Crippen molar-refractivity contribution in [3.05, 3.63) is 71.3 Å². The van der Waals surface area contributed by atoms with Gasteiger partial charge in [0.15, 0.2) is 0 Å². The van der Waals surface area contributed by atoms with Crippen LogP contribution in [0.1, 0.15) is 69.8 Å². The van der Waals surface area contributed by atoms with Crippen LogP contribution >= 0.6 is 0 Å². The second kappa shape index (κ2) is 8.25. The van der Waals surface area contributed by atoms with Gasteiger partial charge in [-0.2, -0.15) is 0 Å². The summed E-state index contributed by atoms with van der Waals surface area (Å²) in [4.78, 5) is 0. The molecular formula is C31H38N2O3S. The van der Waals surface area contributed by atoms with E-state index in [9.17, 15) is 8.42 Å². The van der Waals surface area contributed by atoms with E-state index < -0.39 is 10.0 Å². The molecule has 5 aliphatic rings. The highest BCUT2D eigenvalue weighted by Gasteiger charge is 2.66. The summed E-state index contributed by atoms with van der Waals surface area (Å²) in [6.07, 6.45) is 13.7. The number of hydrogen-bond donors (Lipinski definition) is 2. The maximum absolute atomic E-state index is 11.4. The first kappa shape index (κ1) is 24.1. The summed E-state index contributed by atoms with van der Waals surface area (Å²) in [5.41, 5.74) is 4.19. The van der Waals surface area contributed by atoms with Gasteiger partial charge in [-0.15, -0.1) is 0 Å². The van der Waals surface area contributed by atoms with Gasteiger partial charge in [0.25, 0.3) is 0 Å². The second-order valence-corrected chi connectivity index (χ2v) is 14.3. The van der Waals surface area contributed by atoms with Crippen molar-refractivity contribution < 1.29 is 13.2 Å². The highest BCUT2D eigenvalue weighted by atomic mass is 32.2. The Labute approximate surface area is 220 Å². The average molecular weight is 519 g/mol. The molecule has 0 aromatic heterocycles. The molecule has 2 aromatic carbocycles. The van der Waals surface area contributed by atoms with Crippen LogP contribution in [0, 0.1) is 11.3 Å². The van der Waals surface area contributed by atoms with E-state index in [1.54, 1.807) is 0 Å². The molecule has 2 spiro atoms. The smallest absolute Gasteiger partial charge is 0.210 e. The Morgan fingerprint density at radius 2 is 1.92 bits per heavy atom. The van der Waals surface area contributed by atoms with Crippen LogP contribution in [0.4, 0.5) is 0 Å². The van der Waals surface area contributed by atoms with Gasteiger partial charge >= 0.3 is 0 Å². The molecule has 3 aliphatic carbocycles. The third kappa shape index (κ3) is 3.70. The Bertz CT molecular complexity index is 1430. The zero-order chi connectivity index (χ0) is 25.5. The number of sulfonamides is 1. The summed E-state index contributed by atoms with van der Waals surface area (Å²) in [5.74, 6) is 1.04. The van der Waals surface area contributed by atoms with Crippen molar-refractivity contribution in [1.82, 2.24) is 5.32 Å². The van der Waals surface area contributed by atoms with E-state index >= 15 is 0 Å². The van der Waals surface area contributed by atoms with Crippen molar-refractivity contribution in [3.63, 3.8) is 0 Å². The molecule has 2 bridgehead atoms. The maximum atomic E-state index is 11.4. The van der Waals surface area contributed by atoms with Gasteiger partial charge in [-0.3, -0.25) is 0 Å². The lowest BCUT2D eigenvalue weighted by Gasteiger charge is -2.54. The Morgan fingerprint density at radius 3 is 2.76 bits per heavy atom.